The fourth-order valence-electron chi connectivity index (χ4n) is 3.61. The van der Waals surface area contributed by atoms with Crippen molar-refractivity contribution in [3.8, 4) is 11.6 Å². The highest BCUT2D eigenvalue weighted by Crippen LogP contribution is 2.34. The van der Waals surface area contributed by atoms with Gasteiger partial charge in [0.15, 0.2) is 0 Å². The summed E-state index contributed by atoms with van der Waals surface area (Å²) < 4.78 is 6.34. The fourth-order valence-corrected chi connectivity index (χ4v) is 3.61. The van der Waals surface area contributed by atoms with Crippen LogP contribution in [-0.4, -0.2) is 18.1 Å². The Morgan fingerprint density at radius 3 is 2.23 bits per heavy atom. The lowest BCUT2D eigenvalue weighted by Gasteiger charge is -2.21. The maximum Gasteiger partial charge on any atom is 0.222 e. The first-order valence-corrected chi connectivity index (χ1v) is 9.81. The average Bonchev–Trinajstić information content (AvgIpc) is 2.58. The van der Waals surface area contributed by atoms with E-state index < -0.39 is 0 Å². The molecule has 26 heavy (non-hydrogen) atoms. The minimum absolute atomic E-state index is 0.478. The van der Waals surface area contributed by atoms with E-state index >= 15 is 0 Å². The van der Waals surface area contributed by atoms with Gasteiger partial charge in [0.25, 0.3) is 0 Å². The summed E-state index contributed by atoms with van der Waals surface area (Å²) in [7, 11) is 0. The standard InChI is InChI=1S/C23H34N2O/c1-8-10-24-14-20(9-2)21-13-18(6)25-23(19(21)7)26-22-16(4)11-15(3)12-17(22)5/h11-13,20,24H,8-10,14H2,1-7H3. The van der Waals surface area contributed by atoms with Crippen LogP contribution in [0.3, 0.4) is 0 Å². The highest BCUT2D eigenvalue weighted by molar-refractivity contribution is 5.47. The Morgan fingerprint density at radius 1 is 1.00 bits per heavy atom. The van der Waals surface area contributed by atoms with Crippen molar-refractivity contribution in [3.63, 3.8) is 0 Å². The van der Waals surface area contributed by atoms with Gasteiger partial charge in [-0.15, -0.1) is 0 Å². The van der Waals surface area contributed by atoms with Crippen LogP contribution in [0.4, 0.5) is 0 Å². The van der Waals surface area contributed by atoms with Gasteiger partial charge in [-0.1, -0.05) is 31.5 Å². The van der Waals surface area contributed by atoms with Gasteiger partial charge < -0.3 is 10.1 Å². The maximum atomic E-state index is 6.34. The lowest BCUT2D eigenvalue weighted by Crippen LogP contribution is -2.22. The highest BCUT2D eigenvalue weighted by Gasteiger charge is 2.18. The monoisotopic (exact) mass is 354 g/mol. The second-order valence-electron chi connectivity index (χ2n) is 7.42. The number of nitrogens with zero attached hydrogens (tertiary/aromatic N) is 1. The summed E-state index contributed by atoms with van der Waals surface area (Å²) in [5, 5.41) is 3.56. The van der Waals surface area contributed by atoms with Gasteiger partial charge in [0.05, 0.1) is 0 Å². The van der Waals surface area contributed by atoms with E-state index in [2.05, 4.69) is 72.0 Å². The molecule has 2 aromatic rings. The van der Waals surface area contributed by atoms with E-state index in [0.717, 1.165) is 59.9 Å². The number of aryl methyl sites for hydroxylation is 4. The lowest BCUT2D eigenvalue weighted by atomic mass is 9.92. The zero-order chi connectivity index (χ0) is 19.3. The van der Waals surface area contributed by atoms with Crippen LogP contribution < -0.4 is 10.1 Å². The number of benzene rings is 1. The molecule has 0 spiro atoms. The van der Waals surface area contributed by atoms with E-state index in [1.54, 1.807) is 0 Å². The minimum atomic E-state index is 0.478. The summed E-state index contributed by atoms with van der Waals surface area (Å²) in [5.74, 6) is 2.15. The van der Waals surface area contributed by atoms with Gasteiger partial charge in [0, 0.05) is 17.8 Å². The minimum Gasteiger partial charge on any atom is -0.438 e. The van der Waals surface area contributed by atoms with Crippen LogP contribution in [0, 0.1) is 34.6 Å². The predicted octanol–water partition coefficient (Wildman–Crippen LogP) is 5.91. The topological polar surface area (TPSA) is 34.2 Å². The number of hydrogen-bond acceptors (Lipinski definition) is 3. The first-order chi connectivity index (χ1) is 12.4. The van der Waals surface area contributed by atoms with Gasteiger partial charge in [-0.05, 0) is 82.7 Å². The lowest BCUT2D eigenvalue weighted by molar-refractivity contribution is 0.447. The first kappa shape index (κ1) is 20.4. The van der Waals surface area contributed by atoms with Crippen LogP contribution in [-0.2, 0) is 0 Å². The fraction of sp³-hybridized carbons (Fsp3) is 0.522. The molecule has 0 amide bonds. The Kier molecular flexibility index (Phi) is 7.22. The van der Waals surface area contributed by atoms with Crippen molar-refractivity contribution < 1.29 is 4.74 Å². The quantitative estimate of drug-likeness (QED) is 0.598. The summed E-state index contributed by atoms with van der Waals surface area (Å²) in [5.41, 5.74) is 7.08. The van der Waals surface area contributed by atoms with Crippen molar-refractivity contribution in [2.45, 2.75) is 67.2 Å². The zero-order valence-corrected chi connectivity index (χ0v) is 17.5. The highest BCUT2D eigenvalue weighted by atomic mass is 16.5. The molecule has 1 aromatic heterocycles. The van der Waals surface area contributed by atoms with E-state index in [1.165, 1.54) is 11.1 Å². The SMILES string of the molecule is CCCNCC(CC)c1cc(C)nc(Oc2c(C)cc(C)cc2C)c1C. The number of nitrogens with one attached hydrogen (secondary N) is 1. The van der Waals surface area contributed by atoms with Crippen molar-refractivity contribution in [1.29, 1.82) is 0 Å². The number of aromatic nitrogens is 1. The Bertz CT molecular complexity index is 729. The van der Waals surface area contributed by atoms with Crippen LogP contribution in [0.1, 0.15) is 66.1 Å². The summed E-state index contributed by atoms with van der Waals surface area (Å²) in [4.78, 5) is 4.70. The molecule has 0 saturated carbocycles. The van der Waals surface area contributed by atoms with Crippen molar-refractivity contribution in [2.75, 3.05) is 13.1 Å². The molecule has 0 bridgehead atoms. The maximum absolute atomic E-state index is 6.34. The molecule has 3 heteroatoms. The van der Waals surface area contributed by atoms with Crippen LogP contribution in [0.25, 0.3) is 0 Å². The molecule has 1 aromatic carbocycles. The molecule has 1 unspecified atom stereocenters. The molecule has 1 heterocycles. The first-order valence-electron chi connectivity index (χ1n) is 9.81. The van der Waals surface area contributed by atoms with Crippen LogP contribution in [0.15, 0.2) is 18.2 Å². The molecule has 0 radical (unpaired) electrons. The van der Waals surface area contributed by atoms with Crippen LogP contribution in [0.5, 0.6) is 11.6 Å². The molecule has 1 N–H and O–H groups in total. The van der Waals surface area contributed by atoms with Gasteiger partial charge in [0.1, 0.15) is 5.75 Å². The summed E-state index contributed by atoms with van der Waals surface area (Å²) in [6.07, 6.45) is 2.26. The molecule has 142 valence electrons. The Hall–Kier alpha value is -1.87. The second kappa shape index (κ2) is 9.18. The molecular weight excluding hydrogens is 320 g/mol. The summed E-state index contributed by atoms with van der Waals surface area (Å²) in [6, 6.07) is 6.55. The van der Waals surface area contributed by atoms with Gasteiger partial charge in [-0.3, -0.25) is 0 Å². The third-order valence-electron chi connectivity index (χ3n) is 4.95. The molecule has 2 rings (SSSR count). The Labute approximate surface area is 159 Å². The molecular formula is C23H34N2O. The number of rotatable bonds is 8. The van der Waals surface area contributed by atoms with E-state index in [-0.39, 0.29) is 0 Å². The molecule has 0 aliphatic rings. The molecule has 1 atom stereocenters. The summed E-state index contributed by atoms with van der Waals surface area (Å²) in [6.45, 7) is 17.0. The molecule has 0 aliphatic carbocycles. The van der Waals surface area contributed by atoms with Crippen molar-refractivity contribution in [3.05, 3.63) is 51.7 Å². The third kappa shape index (κ3) is 4.85. The molecule has 0 aliphatic heterocycles. The van der Waals surface area contributed by atoms with Crippen LogP contribution in [0.2, 0.25) is 0 Å². The molecule has 0 saturated heterocycles. The Balaban J connectivity index is 2.37. The summed E-state index contributed by atoms with van der Waals surface area (Å²) >= 11 is 0. The van der Waals surface area contributed by atoms with E-state index in [1.807, 2.05) is 0 Å². The van der Waals surface area contributed by atoms with E-state index in [4.69, 9.17) is 9.72 Å². The number of hydrogen-bond donors (Lipinski definition) is 1. The normalized spacial score (nSPS) is 12.3. The van der Waals surface area contributed by atoms with E-state index in [9.17, 15) is 0 Å². The van der Waals surface area contributed by atoms with Crippen molar-refractivity contribution in [2.24, 2.45) is 0 Å². The molecule has 3 nitrogen and oxygen atoms in total. The number of ether oxygens (including phenoxy) is 1. The van der Waals surface area contributed by atoms with Crippen LogP contribution >= 0.6 is 0 Å². The van der Waals surface area contributed by atoms with Gasteiger partial charge in [-0.2, -0.15) is 0 Å². The van der Waals surface area contributed by atoms with Gasteiger partial charge >= 0.3 is 0 Å². The van der Waals surface area contributed by atoms with Gasteiger partial charge in [0.2, 0.25) is 5.88 Å². The van der Waals surface area contributed by atoms with Gasteiger partial charge in [-0.25, -0.2) is 4.98 Å². The number of pyridine rings is 1. The smallest absolute Gasteiger partial charge is 0.222 e. The largest absolute Gasteiger partial charge is 0.438 e. The zero-order valence-electron chi connectivity index (χ0n) is 17.5. The van der Waals surface area contributed by atoms with Crippen molar-refractivity contribution >= 4 is 0 Å². The molecule has 0 fully saturated rings. The second-order valence-corrected chi connectivity index (χ2v) is 7.42. The average molecular weight is 355 g/mol. The Morgan fingerprint density at radius 2 is 1.65 bits per heavy atom. The third-order valence-corrected chi connectivity index (χ3v) is 4.95. The predicted molar refractivity (Wildman–Crippen MR) is 111 cm³/mol. The van der Waals surface area contributed by atoms with Crippen molar-refractivity contribution in [1.82, 2.24) is 10.3 Å². The van der Waals surface area contributed by atoms with E-state index in [0.29, 0.717) is 5.92 Å².